The molecule has 2 amide bonds. The van der Waals surface area contributed by atoms with Crippen molar-refractivity contribution in [1.29, 1.82) is 0 Å². The third kappa shape index (κ3) is 3.79. The molecule has 1 aliphatic heterocycles. The van der Waals surface area contributed by atoms with E-state index in [2.05, 4.69) is 0 Å². The molecule has 26 heavy (non-hydrogen) atoms. The Morgan fingerprint density at radius 1 is 1.08 bits per heavy atom. The van der Waals surface area contributed by atoms with E-state index in [-0.39, 0.29) is 24.3 Å². The predicted molar refractivity (Wildman–Crippen MR) is 101 cm³/mol. The van der Waals surface area contributed by atoms with E-state index in [0.717, 1.165) is 11.1 Å². The van der Waals surface area contributed by atoms with Gasteiger partial charge in [-0.1, -0.05) is 67.6 Å². The molecule has 1 heterocycles. The van der Waals surface area contributed by atoms with Gasteiger partial charge in [0, 0.05) is 6.42 Å². The van der Waals surface area contributed by atoms with Crippen LogP contribution in [0.25, 0.3) is 0 Å². The smallest absolute Gasteiger partial charge is 0.417 e. The lowest BCUT2D eigenvalue weighted by molar-refractivity contribution is -0.130. The van der Waals surface area contributed by atoms with Gasteiger partial charge in [0.05, 0.1) is 6.04 Å². The molecule has 0 aliphatic carbocycles. The van der Waals surface area contributed by atoms with Crippen LogP contribution in [0.15, 0.2) is 60.7 Å². The molecule has 1 fully saturated rings. The summed E-state index contributed by atoms with van der Waals surface area (Å²) >= 11 is 0. The highest BCUT2D eigenvalue weighted by Gasteiger charge is 2.50. The van der Waals surface area contributed by atoms with Crippen molar-refractivity contribution < 1.29 is 14.3 Å². The molecule has 0 radical (unpaired) electrons. The van der Waals surface area contributed by atoms with Crippen molar-refractivity contribution in [2.45, 2.75) is 51.2 Å². The highest BCUT2D eigenvalue weighted by atomic mass is 16.6. The number of imide groups is 1. The van der Waals surface area contributed by atoms with Crippen molar-refractivity contribution in [2.75, 3.05) is 0 Å². The maximum atomic E-state index is 13.0. The number of carbonyl (C=O) groups excluding carboxylic acids is 2. The zero-order chi connectivity index (χ0) is 18.7. The molecule has 3 rings (SSSR count). The van der Waals surface area contributed by atoms with Crippen molar-refractivity contribution in [3.05, 3.63) is 71.8 Å². The number of rotatable bonds is 5. The standard InChI is InChI=1S/C22H25NO3/c1-16(18-12-8-5-9-13-18)14-20(24)23-19(22(2,3)26-21(23)25)15-17-10-6-4-7-11-17/h4-13,16,19H,14-15H2,1-3H3/t16-,19-/m0/s1. The van der Waals surface area contributed by atoms with Gasteiger partial charge >= 0.3 is 6.09 Å². The summed E-state index contributed by atoms with van der Waals surface area (Å²) in [7, 11) is 0. The molecule has 0 aromatic heterocycles. The van der Waals surface area contributed by atoms with E-state index >= 15 is 0 Å². The van der Waals surface area contributed by atoms with Gasteiger partial charge in [-0.25, -0.2) is 9.69 Å². The molecule has 0 saturated carbocycles. The lowest BCUT2D eigenvalue weighted by atomic mass is 9.91. The van der Waals surface area contributed by atoms with Crippen molar-refractivity contribution >= 4 is 12.0 Å². The van der Waals surface area contributed by atoms with Crippen LogP contribution in [0.3, 0.4) is 0 Å². The van der Waals surface area contributed by atoms with Gasteiger partial charge in [0.25, 0.3) is 0 Å². The second kappa shape index (κ2) is 7.32. The number of hydrogen-bond acceptors (Lipinski definition) is 3. The Balaban J connectivity index is 1.79. The second-order valence-corrected chi connectivity index (χ2v) is 7.46. The van der Waals surface area contributed by atoms with E-state index < -0.39 is 11.7 Å². The van der Waals surface area contributed by atoms with Gasteiger partial charge in [0.2, 0.25) is 5.91 Å². The Kier molecular flexibility index (Phi) is 5.12. The quantitative estimate of drug-likeness (QED) is 0.794. The van der Waals surface area contributed by atoms with Gasteiger partial charge in [0.1, 0.15) is 5.60 Å². The lowest BCUT2D eigenvalue weighted by Gasteiger charge is -2.28. The SMILES string of the molecule is C[C@@H](CC(=O)N1C(=O)OC(C)(C)[C@@H]1Cc1ccccc1)c1ccccc1. The highest BCUT2D eigenvalue weighted by molar-refractivity contribution is 5.94. The van der Waals surface area contributed by atoms with Crippen molar-refractivity contribution in [3.8, 4) is 0 Å². The summed E-state index contributed by atoms with van der Waals surface area (Å²) in [5.41, 5.74) is 1.46. The largest absolute Gasteiger partial charge is 0.441 e. The van der Waals surface area contributed by atoms with Gasteiger partial charge in [0.15, 0.2) is 0 Å². The van der Waals surface area contributed by atoms with Gasteiger partial charge in [-0.2, -0.15) is 0 Å². The molecule has 4 heteroatoms. The molecule has 1 aliphatic rings. The summed E-state index contributed by atoms with van der Waals surface area (Å²) in [6.45, 7) is 5.74. The zero-order valence-electron chi connectivity index (χ0n) is 15.5. The molecule has 136 valence electrons. The summed E-state index contributed by atoms with van der Waals surface area (Å²) < 4.78 is 5.52. The molecule has 0 bridgehead atoms. The minimum absolute atomic E-state index is 0.0394. The Hall–Kier alpha value is -2.62. The monoisotopic (exact) mass is 351 g/mol. The topological polar surface area (TPSA) is 46.6 Å². The number of cyclic esters (lactones) is 1. The van der Waals surface area contributed by atoms with E-state index in [4.69, 9.17) is 4.74 Å². The highest BCUT2D eigenvalue weighted by Crippen LogP contribution is 2.33. The fourth-order valence-electron chi connectivity index (χ4n) is 3.49. The van der Waals surface area contributed by atoms with E-state index in [9.17, 15) is 9.59 Å². The number of ether oxygens (including phenoxy) is 1. The van der Waals surface area contributed by atoms with Crippen LogP contribution in [-0.4, -0.2) is 28.5 Å². The number of hydrogen-bond donors (Lipinski definition) is 0. The molecule has 0 unspecified atom stereocenters. The maximum absolute atomic E-state index is 13.0. The maximum Gasteiger partial charge on any atom is 0.417 e. The Morgan fingerprint density at radius 2 is 1.65 bits per heavy atom. The molecular formula is C22H25NO3. The average Bonchev–Trinajstić information content (AvgIpc) is 2.84. The van der Waals surface area contributed by atoms with Gasteiger partial charge in [-0.3, -0.25) is 4.79 Å². The van der Waals surface area contributed by atoms with E-state index in [1.165, 1.54) is 4.90 Å². The first-order valence-corrected chi connectivity index (χ1v) is 9.02. The number of nitrogens with zero attached hydrogens (tertiary/aromatic N) is 1. The van der Waals surface area contributed by atoms with E-state index in [1.54, 1.807) is 0 Å². The molecule has 2 aromatic rings. The van der Waals surface area contributed by atoms with Gasteiger partial charge in [-0.15, -0.1) is 0 Å². The Morgan fingerprint density at radius 3 is 2.27 bits per heavy atom. The number of carbonyl (C=O) groups is 2. The van der Waals surface area contributed by atoms with E-state index in [1.807, 2.05) is 81.4 Å². The van der Waals surface area contributed by atoms with Crippen molar-refractivity contribution in [1.82, 2.24) is 4.90 Å². The normalized spacial score (nSPS) is 19.9. The number of amides is 2. The minimum Gasteiger partial charge on any atom is -0.441 e. The van der Waals surface area contributed by atoms with Gasteiger partial charge < -0.3 is 4.74 Å². The van der Waals surface area contributed by atoms with Crippen molar-refractivity contribution in [3.63, 3.8) is 0 Å². The predicted octanol–water partition coefficient (Wildman–Crippen LogP) is 4.55. The molecule has 2 atom stereocenters. The zero-order valence-corrected chi connectivity index (χ0v) is 15.5. The third-order valence-corrected chi connectivity index (χ3v) is 5.05. The van der Waals surface area contributed by atoms with Crippen LogP contribution in [0.4, 0.5) is 4.79 Å². The average molecular weight is 351 g/mol. The Labute approximate surface area is 154 Å². The fraction of sp³-hybridized carbons (Fsp3) is 0.364. The Bertz CT molecular complexity index is 770. The third-order valence-electron chi connectivity index (χ3n) is 5.05. The molecule has 1 saturated heterocycles. The summed E-state index contributed by atoms with van der Waals surface area (Å²) in [5.74, 6) is -0.143. The summed E-state index contributed by atoms with van der Waals surface area (Å²) in [5, 5.41) is 0. The van der Waals surface area contributed by atoms with E-state index in [0.29, 0.717) is 6.42 Å². The van der Waals surface area contributed by atoms with Crippen LogP contribution in [0.2, 0.25) is 0 Å². The van der Waals surface area contributed by atoms with Gasteiger partial charge in [-0.05, 0) is 37.3 Å². The molecule has 0 spiro atoms. The van der Waals surface area contributed by atoms with Crippen LogP contribution in [0.5, 0.6) is 0 Å². The minimum atomic E-state index is -0.710. The van der Waals surface area contributed by atoms with Crippen LogP contribution in [-0.2, 0) is 16.0 Å². The lowest BCUT2D eigenvalue weighted by Crippen LogP contribution is -2.46. The summed E-state index contributed by atoms with van der Waals surface area (Å²) in [4.78, 5) is 26.7. The first kappa shape index (κ1) is 18.2. The van der Waals surface area contributed by atoms with Crippen LogP contribution in [0.1, 0.15) is 44.2 Å². The molecule has 2 aromatic carbocycles. The van der Waals surface area contributed by atoms with Crippen LogP contribution in [0, 0.1) is 0 Å². The second-order valence-electron chi connectivity index (χ2n) is 7.46. The first-order chi connectivity index (χ1) is 12.4. The first-order valence-electron chi connectivity index (χ1n) is 9.02. The van der Waals surface area contributed by atoms with Crippen molar-refractivity contribution in [2.24, 2.45) is 0 Å². The summed E-state index contributed by atoms with van der Waals surface area (Å²) in [6, 6.07) is 19.5. The molecular weight excluding hydrogens is 326 g/mol. The fourth-order valence-corrected chi connectivity index (χ4v) is 3.49. The van der Waals surface area contributed by atoms with Crippen LogP contribution < -0.4 is 0 Å². The molecule has 4 nitrogen and oxygen atoms in total. The molecule has 0 N–H and O–H groups in total. The summed E-state index contributed by atoms with van der Waals surface area (Å²) in [6.07, 6.45) is 0.326. The van der Waals surface area contributed by atoms with Crippen LogP contribution >= 0.6 is 0 Å². The number of benzene rings is 2.